The molecule has 3 saturated carbocycles. The Morgan fingerprint density at radius 2 is 1.96 bits per heavy atom. The fraction of sp³-hybridized carbons (Fsp3) is 0.875. The van der Waals surface area contributed by atoms with Crippen LogP contribution in [0.15, 0.2) is 11.6 Å². The summed E-state index contributed by atoms with van der Waals surface area (Å²) in [6.07, 6.45) is 12.6. The van der Waals surface area contributed by atoms with Crippen LogP contribution in [0.4, 0.5) is 0 Å². The third-order valence-electron chi connectivity index (χ3n) is 9.42. The molecule has 0 bridgehead atoms. The van der Waals surface area contributed by atoms with Gasteiger partial charge in [0.05, 0.1) is 6.10 Å². The second-order valence-electron chi connectivity index (χ2n) is 10.6. The first-order valence-electron chi connectivity index (χ1n) is 11.2. The fourth-order valence-corrected chi connectivity index (χ4v) is 8.17. The summed E-state index contributed by atoms with van der Waals surface area (Å²) in [7, 11) is 0. The van der Waals surface area contributed by atoms with Crippen molar-refractivity contribution in [1.29, 1.82) is 0 Å². The molecule has 0 spiro atoms. The molecule has 8 atom stereocenters. The van der Waals surface area contributed by atoms with Crippen molar-refractivity contribution in [3.05, 3.63) is 11.6 Å². The number of fused-ring (bicyclic) bond motifs is 5. The summed E-state index contributed by atoms with van der Waals surface area (Å²) in [6.45, 7) is 9.19. The standard InChI is InChI=1S/C24H38O2/c1-5-6-16-14-24(4)17(13-22(16)26)7-8-18-20-10-9-19(15(2)25)23(20,3)12-11-21(18)24/h13,15-16,18-21,25H,5-12,14H2,1-4H3/t15?,16?,18-,19+,20-,21-,23+,24-/m0/s1. The van der Waals surface area contributed by atoms with Gasteiger partial charge in [-0.2, -0.15) is 0 Å². The maximum atomic E-state index is 12.6. The largest absolute Gasteiger partial charge is 0.393 e. The van der Waals surface area contributed by atoms with Crippen LogP contribution in [0.25, 0.3) is 0 Å². The lowest BCUT2D eigenvalue weighted by Gasteiger charge is -2.59. The minimum atomic E-state index is -0.169. The van der Waals surface area contributed by atoms with Crippen LogP contribution in [-0.4, -0.2) is 17.0 Å². The predicted octanol–water partition coefficient (Wildman–Crippen LogP) is 5.54. The molecule has 2 heteroatoms. The van der Waals surface area contributed by atoms with Crippen molar-refractivity contribution in [1.82, 2.24) is 0 Å². The van der Waals surface area contributed by atoms with Crippen molar-refractivity contribution in [2.45, 2.75) is 91.6 Å². The number of hydrogen-bond donors (Lipinski definition) is 1. The molecule has 0 radical (unpaired) electrons. The molecule has 4 rings (SSSR count). The lowest BCUT2D eigenvalue weighted by Crippen LogP contribution is -2.52. The van der Waals surface area contributed by atoms with Crippen molar-refractivity contribution in [2.75, 3.05) is 0 Å². The molecule has 4 aliphatic rings. The van der Waals surface area contributed by atoms with Crippen LogP contribution >= 0.6 is 0 Å². The highest BCUT2D eigenvalue weighted by molar-refractivity contribution is 5.93. The predicted molar refractivity (Wildman–Crippen MR) is 106 cm³/mol. The van der Waals surface area contributed by atoms with E-state index in [1.165, 1.54) is 37.7 Å². The molecule has 0 saturated heterocycles. The number of rotatable bonds is 3. The molecule has 4 aliphatic carbocycles. The number of ketones is 1. The summed E-state index contributed by atoms with van der Waals surface area (Å²) in [5.41, 5.74) is 2.06. The molecule has 146 valence electrons. The molecular weight excluding hydrogens is 320 g/mol. The van der Waals surface area contributed by atoms with Gasteiger partial charge in [0.15, 0.2) is 5.78 Å². The van der Waals surface area contributed by atoms with E-state index in [1.54, 1.807) is 0 Å². The van der Waals surface area contributed by atoms with Crippen LogP contribution < -0.4 is 0 Å². The summed E-state index contributed by atoms with van der Waals surface area (Å²) in [5, 5.41) is 10.4. The van der Waals surface area contributed by atoms with Gasteiger partial charge in [-0.25, -0.2) is 0 Å². The second-order valence-corrected chi connectivity index (χ2v) is 10.6. The zero-order valence-corrected chi connectivity index (χ0v) is 17.3. The third-order valence-corrected chi connectivity index (χ3v) is 9.42. The van der Waals surface area contributed by atoms with Crippen molar-refractivity contribution in [3.63, 3.8) is 0 Å². The van der Waals surface area contributed by atoms with Gasteiger partial charge in [-0.05, 0) is 98.9 Å². The molecular formula is C24H38O2. The zero-order valence-electron chi connectivity index (χ0n) is 17.3. The van der Waals surface area contributed by atoms with E-state index in [0.29, 0.717) is 17.1 Å². The normalized spacial score (nSPS) is 49.0. The third kappa shape index (κ3) is 2.58. The van der Waals surface area contributed by atoms with Gasteiger partial charge in [-0.15, -0.1) is 0 Å². The molecule has 0 heterocycles. The van der Waals surface area contributed by atoms with Crippen LogP contribution in [0.5, 0.6) is 0 Å². The van der Waals surface area contributed by atoms with Crippen LogP contribution in [0, 0.1) is 40.4 Å². The van der Waals surface area contributed by atoms with E-state index < -0.39 is 0 Å². The van der Waals surface area contributed by atoms with Gasteiger partial charge in [0.2, 0.25) is 0 Å². The van der Waals surface area contributed by atoms with Gasteiger partial charge in [0.1, 0.15) is 0 Å². The van der Waals surface area contributed by atoms with Crippen molar-refractivity contribution in [3.8, 4) is 0 Å². The fourth-order valence-electron chi connectivity index (χ4n) is 8.17. The Balaban J connectivity index is 1.64. The van der Waals surface area contributed by atoms with Gasteiger partial charge in [-0.3, -0.25) is 4.79 Å². The monoisotopic (exact) mass is 358 g/mol. The Labute approximate surface area is 159 Å². The average Bonchev–Trinajstić information content (AvgIpc) is 2.94. The van der Waals surface area contributed by atoms with Crippen LogP contribution in [0.2, 0.25) is 0 Å². The highest BCUT2D eigenvalue weighted by Crippen LogP contribution is 2.67. The summed E-state index contributed by atoms with van der Waals surface area (Å²) in [4.78, 5) is 12.6. The number of allylic oxidation sites excluding steroid dienone is 1. The van der Waals surface area contributed by atoms with E-state index in [2.05, 4.69) is 26.8 Å². The Morgan fingerprint density at radius 1 is 1.19 bits per heavy atom. The lowest BCUT2D eigenvalue weighted by molar-refractivity contribution is -0.123. The van der Waals surface area contributed by atoms with E-state index in [-0.39, 0.29) is 17.4 Å². The maximum Gasteiger partial charge on any atom is 0.158 e. The first-order chi connectivity index (χ1) is 12.3. The van der Waals surface area contributed by atoms with Gasteiger partial charge >= 0.3 is 0 Å². The molecule has 0 aliphatic heterocycles. The number of carbonyl (C=O) groups excluding carboxylic acids is 1. The topological polar surface area (TPSA) is 37.3 Å². The van der Waals surface area contributed by atoms with Crippen LogP contribution in [0.1, 0.15) is 85.5 Å². The van der Waals surface area contributed by atoms with Gasteiger partial charge < -0.3 is 5.11 Å². The molecule has 2 nitrogen and oxygen atoms in total. The molecule has 3 fully saturated rings. The Kier molecular flexibility index (Phi) is 4.66. The lowest BCUT2D eigenvalue weighted by atomic mass is 9.46. The average molecular weight is 359 g/mol. The highest BCUT2D eigenvalue weighted by atomic mass is 16.3. The summed E-state index contributed by atoms with van der Waals surface area (Å²) in [6, 6.07) is 0. The first kappa shape index (κ1) is 18.7. The quantitative estimate of drug-likeness (QED) is 0.719. The van der Waals surface area contributed by atoms with E-state index >= 15 is 0 Å². The first-order valence-corrected chi connectivity index (χ1v) is 11.2. The Morgan fingerprint density at radius 3 is 2.65 bits per heavy atom. The smallest absolute Gasteiger partial charge is 0.158 e. The minimum absolute atomic E-state index is 0.169. The van der Waals surface area contributed by atoms with Crippen molar-refractivity contribution < 1.29 is 9.90 Å². The number of aliphatic hydroxyl groups is 1. The van der Waals surface area contributed by atoms with Crippen LogP contribution in [0.3, 0.4) is 0 Å². The SMILES string of the molecule is CCCC1C[C@@]2(C)C(=CC1=O)CC[C@H]1[C@@H]3CC[C@H](C(C)O)[C@@]3(C)CC[C@@H]12. The van der Waals surface area contributed by atoms with E-state index in [1.807, 2.05) is 6.92 Å². The van der Waals surface area contributed by atoms with Crippen molar-refractivity contribution in [2.24, 2.45) is 40.4 Å². The summed E-state index contributed by atoms with van der Waals surface area (Å²) < 4.78 is 0. The molecule has 0 aromatic rings. The molecule has 0 amide bonds. The van der Waals surface area contributed by atoms with E-state index in [9.17, 15) is 9.90 Å². The van der Waals surface area contributed by atoms with Crippen molar-refractivity contribution >= 4 is 5.78 Å². The molecule has 2 unspecified atom stereocenters. The van der Waals surface area contributed by atoms with Gasteiger partial charge in [-0.1, -0.05) is 32.8 Å². The number of aliphatic hydroxyl groups excluding tert-OH is 1. The molecule has 26 heavy (non-hydrogen) atoms. The summed E-state index contributed by atoms with van der Waals surface area (Å²) >= 11 is 0. The number of hydrogen-bond acceptors (Lipinski definition) is 2. The van der Waals surface area contributed by atoms with Crippen LogP contribution in [-0.2, 0) is 4.79 Å². The second kappa shape index (κ2) is 6.47. The summed E-state index contributed by atoms with van der Waals surface area (Å²) in [5.74, 6) is 3.49. The number of carbonyl (C=O) groups is 1. The van der Waals surface area contributed by atoms with Gasteiger partial charge in [0.25, 0.3) is 0 Å². The zero-order chi connectivity index (χ0) is 18.7. The minimum Gasteiger partial charge on any atom is -0.393 e. The Hall–Kier alpha value is -0.630. The van der Waals surface area contributed by atoms with Gasteiger partial charge in [0, 0.05) is 5.92 Å². The van der Waals surface area contributed by atoms with E-state index in [0.717, 1.165) is 43.4 Å². The highest BCUT2D eigenvalue weighted by Gasteiger charge is 2.60. The maximum absolute atomic E-state index is 12.6. The molecule has 0 aromatic carbocycles. The Bertz CT molecular complexity index is 605. The molecule has 1 N–H and O–H groups in total. The molecule has 0 aromatic heterocycles. The van der Waals surface area contributed by atoms with E-state index in [4.69, 9.17) is 0 Å².